The number of alkyl halides is 3. The summed E-state index contributed by atoms with van der Waals surface area (Å²) in [6.45, 7) is 1.45. The van der Waals surface area contributed by atoms with Crippen LogP contribution in [0.4, 0.5) is 18.9 Å². The van der Waals surface area contributed by atoms with Crippen LogP contribution in [0.1, 0.15) is 11.4 Å². The van der Waals surface area contributed by atoms with Crippen LogP contribution < -0.4 is 4.72 Å². The van der Waals surface area contributed by atoms with Gasteiger partial charge >= 0.3 is 6.18 Å². The van der Waals surface area contributed by atoms with E-state index in [4.69, 9.17) is 0 Å². The molecule has 0 aliphatic heterocycles. The van der Waals surface area contributed by atoms with E-state index in [1.54, 1.807) is 36.1 Å². The monoisotopic (exact) mass is 436 g/mol. The number of aromatic nitrogens is 5. The van der Waals surface area contributed by atoms with Crippen LogP contribution in [0, 0.1) is 6.92 Å². The van der Waals surface area contributed by atoms with Crippen LogP contribution in [0.15, 0.2) is 53.7 Å². The van der Waals surface area contributed by atoms with Gasteiger partial charge in [-0.1, -0.05) is 12.1 Å². The number of para-hydroxylation sites is 1. The summed E-state index contributed by atoms with van der Waals surface area (Å²) in [6, 6.07) is 8.54. The molecule has 0 bridgehead atoms. The number of anilines is 1. The molecule has 0 fully saturated rings. The molecule has 0 saturated heterocycles. The van der Waals surface area contributed by atoms with Crippen molar-refractivity contribution in [2.24, 2.45) is 7.05 Å². The number of aryl methyl sites for hydroxylation is 2. The van der Waals surface area contributed by atoms with Gasteiger partial charge in [0.2, 0.25) is 0 Å². The molecule has 3 aromatic heterocycles. The first-order chi connectivity index (χ1) is 14.1. The Hall–Kier alpha value is -3.41. The molecule has 0 radical (unpaired) electrons. The van der Waals surface area contributed by atoms with Gasteiger partial charge in [0.15, 0.2) is 11.5 Å². The number of rotatable bonds is 4. The standard InChI is InChI=1S/C18H15F3N6O2S/c1-11-8-15(18(19,20)21)24-27(11)16-7-6-13(10-22-16)30(28,29)25-14-5-3-4-12-9-23-26(2)17(12)14/h3-10,25H,1-2H3. The zero-order valence-electron chi connectivity index (χ0n) is 15.7. The predicted octanol–water partition coefficient (Wildman–Crippen LogP) is 3.28. The highest BCUT2D eigenvalue weighted by Gasteiger charge is 2.34. The Morgan fingerprint density at radius 2 is 1.87 bits per heavy atom. The molecule has 0 spiro atoms. The Morgan fingerprint density at radius 1 is 1.10 bits per heavy atom. The minimum Gasteiger partial charge on any atom is -0.277 e. The number of nitrogens with zero attached hydrogens (tertiary/aromatic N) is 5. The quantitative estimate of drug-likeness (QED) is 0.530. The fourth-order valence-electron chi connectivity index (χ4n) is 3.02. The molecule has 4 rings (SSSR count). The van der Waals surface area contributed by atoms with Crippen LogP contribution in [0.2, 0.25) is 0 Å². The predicted molar refractivity (Wildman–Crippen MR) is 103 cm³/mol. The van der Waals surface area contributed by atoms with Crippen molar-refractivity contribution in [3.8, 4) is 5.82 Å². The molecular weight excluding hydrogens is 421 g/mol. The summed E-state index contributed by atoms with van der Waals surface area (Å²) >= 11 is 0. The van der Waals surface area contributed by atoms with Gasteiger partial charge in [-0.3, -0.25) is 9.40 Å². The number of pyridine rings is 1. The van der Waals surface area contributed by atoms with Crippen LogP contribution in [-0.4, -0.2) is 33.0 Å². The molecular formula is C18H15F3N6O2S. The van der Waals surface area contributed by atoms with Gasteiger partial charge in [-0.2, -0.15) is 23.4 Å². The second-order valence-electron chi connectivity index (χ2n) is 6.55. The highest BCUT2D eigenvalue weighted by molar-refractivity contribution is 7.92. The number of hydrogen-bond acceptors (Lipinski definition) is 5. The zero-order valence-corrected chi connectivity index (χ0v) is 16.5. The normalized spacial score (nSPS) is 12.4. The molecule has 4 aromatic rings. The first-order valence-corrected chi connectivity index (χ1v) is 10.1. The van der Waals surface area contributed by atoms with Crippen molar-refractivity contribution in [3.05, 3.63) is 60.2 Å². The molecule has 0 atom stereocenters. The van der Waals surface area contributed by atoms with Crippen molar-refractivity contribution >= 4 is 26.6 Å². The summed E-state index contributed by atoms with van der Waals surface area (Å²) in [4.78, 5) is 3.83. The molecule has 0 amide bonds. The maximum atomic E-state index is 12.9. The van der Waals surface area contributed by atoms with Crippen LogP contribution in [-0.2, 0) is 23.2 Å². The molecule has 12 heteroatoms. The highest BCUT2D eigenvalue weighted by atomic mass is 32.2. The second kappa shape index (κ2) is 6.83. The molecule has 8 nitrogen and oxygen atoms in total. The van der Waals surface area contributed by atoms with Crippen LogP contribution >= 0.6 is 0 Å². The molecule has 156 valence electrons. The summed E-state index contributed by atoms with van der Waals surface area (Å²) in [6.07, 6.45) is -1.91. The molecule has 1 aromatic carbocycles. The van der Waals surface area contributed by atoms with E-state index in [0.29, 0.717) is 11.2 Å². The van der Waals surface area contributed by atoms with Gasteiger partial charge in [-0.25, -0.2) is 18.1 Å². The lowest BCUT2D eigenvalue weighted by atomic mass is 10.2. The molecule has 0 unspecified atom stereocenters. The van der Waals surface area contributed by atoms with Gasteiger partial charge in [0.25, 0.3) is 10.0 Å². The van der Waals surface area contributed by atoms with E-state index in [9.17, 15) is 21.6 Å². The number of halogens is 3. The minimum atomic E-state index is -4.59. The fraction of sp³-hybridized carbons (Fsp3) is 0.167. The number of nitrogens with one attached hydrogen (secondary N) is 1. The van der Waals surface area contributed by atoms with Crippen molar-refractivity contribution in [2.75, 3.05) is 4.72 Å². The molecule has 30 heavy (non-hydrogen) atoms. The van der Waals surface area contributed by atoms with E-state index < -0.39 is 21.9 Å². The lowest BCUT2D eigenvalue weighted by Crippen LogP contribution is -2.14. The van der Waals surface area contributed by atoms with Gasteiger partial charge in [-0.05, 0) is 31.2 Å². The minimum absolute atomic E-state index is 0.0655. The van der Waals surface area contributed by atoms with Crippen molar-refractivity contribution < 1.29 is 21.6 Å². The SMILES string of the molecule is Cc1cc(C(F)(F)F)nn1-c1ccc(S(=O)(=O)Nc2cccc3cnn(C)c23)cn1. The average Bonchev–Trinajstić information content (AvgIpc) is 3.25. The fourth-order valence-corrected chi connectivity index (χ4v) is 4.03. The van der Waals surface area contributed by atoms with E-state index in [-0.39, 0.29) is 16.4 Å². The lowest BCUT2D eigenvalue weighted by Gasteiger charge is -2.10. The van der Waals surface area contributed by atoms with Gasteiger partial charge in [0.05, 0.1) is 17.4 Å². The first kappa shape index (κ1) is 19.9. The molecule has 3 heterocycles. The van der Waals surface area contributed by atoms with E-state index in [0.717, 1.165) is 22.3 Å². The highest BCUT2D eigenvalue weighted by Crippen LogP contribution is 2.29. The van der Waals surface area contributed by atoms with E-state index >= 15 is 0 Å². The average molecular weight is 436 g/mol. The Bertz CT molecular complexity index is 1340. The van der Waals surface area contributed by atoms with Gasteiger partial charge in [0, 0.05) is 24.3 Å². The number of fused-ring (bicyclic) bond motifs is 1. The van der Waals surface area contributed by atoms with Crippen LogP contribution in [0.25, 0.3) is 16.7 Å². The van der Waals surface area contributed by atoms with Crippen LogP contribution in [0.5, 0.6) is 0 Å². The van der Waals surface area contributed by atoms with Gasteiger partial charge in [0.1, 0.15) is 4.90 Å². The Balaban J connectivity index is 1.65. The number of sulfonamides is 1. The van der Waals surface area contributed by atoms with Crippen LogP contribution in [0.3, 0.4) is 0 Å². The molecule has 1 N–H and O–H groups in total. The molecule has 0 aliphatic carbocycles. The topological polar surface area (TPSA) is 94.7 Å². The third-order valence-corrected chi connectivity index (χ3v) is 5.78. The van der Waals surface area contributed by atoms with Gasteiger partial charge in [-0.15, -0.1) is 0 Å². The Labute approximate surface area is 169 Å². The third kappa shape index (κ3) is 3.49. The summed E-state index contributed by atoms with van der Waals surface area (Å²) in [5.41, 5.74) is 0.114. The van der Waals surface area contributed by atoms with Crippen molar-refractivity contribution in [1.29, 1.82) is 0 Å². The largest absolute Gasteiger partial charge is 0.435 e. The zero-order chi connectivity index (χ0) is 21.7. The first-order valence-electron chi connectivity index (χ1n) is 8.60. The maximum absolute atomic E-state index is 12.9. The summed E-state index contributed by atoms with van der Waals surface area (Å²) in [5, 5.41) is 8.38. The maximum Gasteiger partial charge on any atom is 0.435 e. The van der Waals surface area contributed by atoms with Gasteiger partial charge < -0.3 is 0 Å². The van der Waals surface area contributed by atoms with Crippen molar-refractivity contribution in [2.45, 2.75) is 18.0 Å². The van der Waals surface area contributed by atoms with Crippen molar-refractivity contribution in [3.63, 3.8) is 0 Å². The number of benzene rings is 1. The summed E-state index contributed by atoms with van der Waals surface area (Å²) in [5.74, 6) is 0.0655. The van der Waals surface area contributed by atoms with E-state index in [1.165, 1.54) is 19.1 Å². The van der Waals surface area contributed by atoms with Crippen molar-refractivity contribution in [1.82, 2.24) is 24.5 Å². The number of hydrogen-bond donors (Lipinski definition) is 1. The Morgan fingerprint density at radius 3 is 2.50 bits per heavy atom. The Kier molecular flexibility index (Phi) is 4.53. The third-order valence-electron chi connectivity index (χ3n) is 4.43. The van der Waals surface area contributed by atoms with E-state index in [2.05, 4.69) is 19.9 Å². The summed E-state index contributed by atoms with van der Waals surface area (Å²) in [7, 11) is -2.30. The molecule has 0 saturated carbocycles. The second-order valence-corrected chi connectivity index (χ2v) is 8.23. The lowest BCUT2D eigenvalue weighted by molar-refractivity contribution is -0.141. The van der Waals surface area contributed by atoms with E-state index in [1.807, 2.05) is 0 Å². The smallest absolute Gasteiger partial charge is 0.277 e. The molecule has 0 aliphatic rings. The summed E-state index contributed by atoms with van der Waals surface area (Å²) < 4.78 is 69.2.